The second-order valence-electron chi connectivity index (χ2n) is 7.36. The lowest BCUT2D eigenvalue weighted by molar-refractivity contribution is -0.124. The van der Waals surface area contributed by atoms with E-state index in [1.165, 1.54) is 4.90 Å². The van der Waals surface area contributed by atoms with E-state index in [9.17, 15) is 23.3 Å². The molecule has 0 bridgehead atoms. The maximum Gasteiger partial charge on any atom is 0.256 e. The minimum atomic E-state index is -4.14. The van der Waals surface area contributed by atoms with Gasteiger partial charge >= 0.3 is 0 Å². The van der Waals surface area contributed by atoms with Crippen LogP contribution in [0.25, 0.3) is 0 Å². The summed E-state index contributed by atoms with van der Waals surface area (Å²) in [5.74, 6) is -1.13. The lowest BCUT2D eigenvalue weighted by Crippen LogP contribution is -2.54. The first-order chi connectivity index (χ1) is 13.9. The van der Waals surface area contributed by atoms with Gasteiger partial charge in [-0.15, -0.1) is 0 Å². The summed E-state index contributed by atoms with van der Waals surface area (Å²) in [6.45, 7) is 0.200. The molecule has 4 rings (SSSR count). The van der Waals surface area contributed by atoms with Crippen LogP contribution < -0.4 is 4.72 Å². The highest BCUT2D eigenvalue weighted by atomic mass is 32.2. The fourth-order valence-corrected chi connectivity index (χ4v) is 4.93. The average Bonchev–Trinajstić information content (AvgIpc) is 3.54. The van der Waals surface area contributed by atoms with E-state index in [0.717, 1.165) is 11.1 Å². The van der Waals surface area contributed by atoms with Gasteiger partial charge in [0.25, 0.3) is 21.8 Å². The van der Waals surface area contributed by atoms with Crippen LogP contribution in [-0.4, -0.2) is 35.9 Å². The summed E-state index contributed by atoms with van der Waals surface area (Å²) in [6, 6.07) is 16.8. The van der Waals surface area contributed by atoms with Crippen LogP contribution in [-0.2, 0) is 27.8 Å². The van der Waals surface area contributed by atoms with Gasteiger partial charge in [0.15, 0.2) is 4.75 Å². The van der Waals surface area contributed by atoms with E-state index in [-0.39, 0.29) is 31.7 Å². The van der Waals surface area contributed by atoms with Crippen molar-refractivity contribution in [1.29, 1.82) is 5.26 Å². The zero-order chi connectivity index (χ0) is 20.6. The van der Waals surface area contributed by atoms with Gasteiger partial charge in [-0.2, -0.15) is 5.26 Å². The Labute approximate surface area is 169 Å². The number of rotatable bonds is 4. The molecule has 1 unspecified atom stereocenters. The molecule has 1 heterocycles. The van der Waals surface area contributed by atoms with E-state index in [4.69, 9.17) is 0 Å². The van der Waals surface area contributed by atoms with Crippen molar-refractivity contribution in [3.63, 3.8) is 0 Å². The first kappa shape index (κ1) is 19.2. The molecule has 0 spiro atoms. The van der Waals surface area contributed by atoms with E-state index in [1.54, 1.807) is 36.4 Å². The van der Waals surface area contributed by atoms with Crippen molar-refractivity contribution >= 4 is 21.8 Å². The number of nitrogens with zero attached hydrogens (tertiary/aromatic N) is 2. The van der Waals surface area contributed by atoms with Gasteiger partial charge in [0.2, 0.25) is 0 Å². The molecule has 1 N–H and O–H groups in total. The van der Waals surface area contributed by atoms with Gasteiger partial charge in [0.05, 0.1) is 6.07 Å². The number of fused-ring (bicyclic) bond motifs is 1. The summed E-state index contributed by atoms with van der Waals surface area (Å²) in [4.78, 5) is 27.5. The van der Waals surface area contributed by atoms with Crippen molar-refractivity contribution < 1.29 is 18.0 Å². The number of hydrogen-bond donors (Lipinski definition) is 1. The van der Waals surface area contributed by atoms with Crippen molar-refractivity contribution in [2.45, 2.75) is 36.6 Å². The number of nitriles is 1. The molecule has 0 radical (unpaired) electrons. The molecule has 0 saturated heterocycles. The standard InChI is InChI=1S/C21H19N3O4S/c22-14-21(10-11-21)29(27,28)23-19(25)18-12-16-8-4-5-9-17(16)13-24(18)20(26)15-6-2-1-3-7-15/h1-9,18H,10-13H2,(H,23,25). The molecule has 2 aromatic rings. The van der Waals surface area contributed by atoms with Crippen molar-refractivity contribution in [3.05, 3.63) is 71.3 Å². The molecule has 1 atom stereocenters. The Kier molecular flexibility index (Phi) is 4.63. The molecule has 7 nitrogen and oxygen atoms in total. The summed E-state index contributed by atoms with van der Waals surface area (Å²) in [5, 5.41) is 9.19. The first-order valence-corrected chi connectivity index (χ1v) is 10.8. The molecule has 2 amide bonds. The molecule has 1 aliphatic heterocycles. The van der Waals surface area contributed by atoms with Crippen LogP contribution in [0.5, 0.6) is 0 Å². The van der Waals surface area contributed by atoms with Gasteiger partial charge in [-0.3, -0.25) is 9.59 Å². The summed E-state index contributed by atoms with van der Waals surface area (Å²) in [7, 11) is -4.14. The molecule has 29 heavy (non-hydrogen) atoms. The molecular weight excluding hydrogens is 390 g/mol. The SMILES string of the molecule is N#CC1(S(=O)(=O)NC(=O)C2Cc3ccccc3CN2C(=O)c2ccccc2)CC1. The number of carbonyl (C=O) groups excluding carboxylic acids is 2. The maximum absolute atomic E-state index is 13.1. The molecule has 0 aromatic heterocycles. The van der Waals surface area contributed by atoms with Crippen LogP contribution in [0, 0.1) is 11.3 Å². The normalized spacial score (nSPS) is 19.6. The zero-order valence-corrected chi connectivity index (χ0v) is 16.4. The van der Waals surface area contributed by atoms with Gasteiger partial charge < -0.3 is 4.90 Å². The van der Waals surface area contributed by atoms with E-state index >= 15 is 0 Å². The van der Waals surface area contributed by atoms with Crippen LogP contribution in [0.1, 0.15) is 34.3 Å². The maximum atomic E-state index is 13.1. The molecular formula is C21H19N3O4S. The van der Waals surface area contributed by atoms with Gasteiger partial charge in [0.1, 0.15) is 6.04 Å². The highest BCUT2D eigenvalue weighted by Crippen LogP contribution is 2.42. The fourth-order valence-electron chi connectivity index (χ4n) is 3.57. The third-order valence-electron chi connectivity index (χ3n) is 5.49. The molecule has 1 fully saturated rings. The minimum Gasteiger partial charge on any atom is -0.322 e. The lowest BCUT2D eigenvalue weighted by Gasteiger charge is -2.36. The summed E-state index contributed by atoms with van der Waals surface area (Å²) >= 11 is 0. The molecule has 2 aromatic carbocycles. The van der Waals surface area contributed by atoms with Crippen LogP contribution >= 0.6 is 0 Å². The quantitative estimate of drug-likeness (QED) is 0.828. The summed E-state index contributed by atoms with van der Waals surface area (Å²) in [5.41, 5.74) is 2.23. The van der Waals surface area contributed by atoms with Gasteiger partial charge in [-0.1, -0.05) is 42.5 Å². The fraction of sp³-hybridized carbons (Fsp3) is 0.286. The van der Waals surface area contributed by atoms with Gasteiger partial charge in [-0.05, 0) is 36.1 Å². The van der Waals surface area contributed by atoms with E-state index in [2.05, 4.69) is 4.72 Å². The van der Waals surface area contributed by atoms with Crippen molar-refractivity contribution in [1.82, 2.24) is 9.62 Å². The third-order valence-corrected chi connectivity index (χ3v) is 7.49. The summed E-state index contributed by atoms with van der Waals surface area (Å²) in [6.07, 6.45) is 0.605. The highest BCUT2D eigenvalue weighted by molar-refractivity contribution is 7.92. The zero-order valence-electron chi connectivity index (χ0n) is 15.5. The van der Waals surface area contributed by atoms with Crippen molar-refractivity contribution in [2.75, 3.05) is 0 Å². The number of nitrogens with one attached hydrogen (secondary N) is 1. The molecule has 148 valence electrons. The average molecular weight is 409 g/mol. The van der Waals surface area contributed by atoms with Crippen molar-refractivity contribution in [2.24, 2.45) is 0 Å². The molecule has 1 aliphatic carbocycles. The molecule has 2 aliphatic rings. The van der Waals surface area contributed by atoms with Crippen LogP contribution in [0.4, 0.5) is 0 Å². The number of benzene rings is 2. The topological polar surface area (TPSA) is 107 Å². The van der Waals surface area contributed by atoms with Crippen LogP contribution in [0.3, 0.4) is 0 Å². The predicted octanol–water partition coefficient (Wildman–Crippen LogP) is 1.76. The number of amides is 2. The Morgan fingerprint density at radius 2 is 1.66 bits per heavy atom. The summed E-state index contributed by atoms with van der Waals surface area (Å²) < 4.78 is 25.6. The van der Waals surface area contributed by atoms with Gasteiger partial charge in [-0.25, -0.2) is 13.1 Å². The largest absolute Gasteiger partial charge is 0.322 e. The number of sulfonamides is 1. The molecule has 8 heteroatoms. The Bertz CT molecular complexity index is 1120. The smallest absolute Gasteiger partial charge is 0.256 e. The van der Waals surface area contributed by atoms with E-state index in [0.29, 0.717) is 5.56 Å². The van der Waals surface area contributed by atoms with Crippen molar-refractivity contribution in [3.8, 4) is 6.07 Å². The second kappa shape index (κ2) is 7.01. The Balaban J connectivity index is 1.66. The lowest BCUT2D eigenvalue weighted by atomic mass is 9.93. The van der Waals surface area contributed by atoms with E-state index in [1.807, 2.05) is 24.3 Å². The second-order valence-corrected chi connectivity index (χ2v) is 9.36. The highest BCUT2D eigenvalue weighted by Gasteiger charge is 2.56. The Hall–Kier alpha value is -3.18. The molecule has 1 saturated carbocycles. The number of carbonyl (C=O) groups is 2. The predicted molar refractivity (Wildman–Crippen MR) is 105 cm³/mol. The van der Waals surface area contributed by atoms with Crippen LogP contribution in [0.15, 0.2) is 54.6 Å². The Morgan fingerprint density at radius 3 is 2.28 bits per heavy atom. The monoisotopic (exact) mass is 409 g/mol. The van der Waals surface area contributed by atoms with Gasteiger partial charge in [0, 0.05) is 18.5 Å². The first-order valence-electron chi connectivity index (χ1n) is 9.27. The van der Waals surface area contributed by atoms with Crippen LogP contribution in [0.2, 0.25) is 0 Å². The third kappa shape index (κ3) is 3.38. The van der Waals surface area contributed by atoms with E-state index < -0.39 is 26.7 Å². The Morgan fingerprint density at radius 1 is 1.03 bits per heavy atom. The number of hydrogen-bond acceptors (Lipinski definition) is 5. The minimum absolute atomic E-state index is 0.200.